The van der Waals surface area contributed by atoms with Gasteiger partial charge in [-0.15, -0.1) is 0 Å². The minimum Gasteiger partial charge on any atom is -0.290 e. The summed E-state index contributed by atoms with van der Waals surface area (Å²) >= 11 is 0. The predicted molar refractivity (Wildman–Crippen MR) is 74.0 cm³/mol. The highest BCUT2D eigenvalue weighted by Gasteiger charge is 2.31. The van der Waals surface area contributed by atoms with Gasteiger partial charge in [-0.25, -0.2) is 4.99 Å². The van der Waals surface area contributed by atoms with Gasteiger partial charge in [-0.2, -0.15) is 26.3 Å². The van der Waals surface area contributed by atoms with Crippen molar-refractivity contribution in [2.75, 3.05) is 0 Å². The fraction of sp³-hybridized carbons (Fsp3) is 0.133. The Morgan fingerprint density at radius 3 is 1.92 bits per heavy atom. The summed E-state index contributed by atoms with van der Waals surface area (Å²) in [4.78, 5) is 3.81. The monoisotopic (exact) mass is 348 g/mol. The number of hydrogen-bond donors (Lipinski definition) is 2. The summed E-state index contributed by atoms with van der Waals surface area (Å²) in [5.41, 5.74) is -0.239. The molecular weight excluding hydrogens is 338 g/mol. The van der Waals surface area contributed by atoms with E-state index in [2.05, 4.69) is 4.99 Å². The Morgan fingerprint density at radius 1 is 0.833 bits per heavy atom. The summed E-state index contributed by atoms with van der Waals surface area (Å²) in [5, 5.41) is 9.08. The second kappa shape index (κ2) is 6.52. The highest BCUT2D eigenvalue weighted by Crippen LogP contribution is 2.31. The number of alkyl halides is 6. The first-order chi connectivity index (χ1) is 11.1. The van der Waals surface area contributed by atoms with Crippen LogP contribution in [-0.2, 0) is 12.4 Å². The average molecular weight is 348 g/mol. The smallest absolute Gasteiger partial charge is 0.290 e. The van der Waals surface area contributed by atoms with Crippen LogP contribution in [0.2, 0.25) is 0 Å². The van der Waals surface area contributed by atoms with Crippen LogP contribution in [0.5, 0.6) is 0 Å². The van der Waals surface area contributed by atoms with Crippen LogP contribution in [0.3, 0.4) is 0 Å². The van der Waals surface area contributed by atoms with E-state index >= 15 is 0 Å². The number of halogens is 6. The highest BCUT2D eigenvalue weighted by molar-refractivity contribution is 5.99. The first-order valence-corrected chi connectivity index (χ1v) is 6.45. The second-order valence-electron chi connectivity index (χ2n) is 4.70. The van der Waals surface area contributed by atoms with Crippen molar-refractivity contribution in [2.45, 2.75) is 12.4 Å². The van der Waals surface area contributed by atoms with Crippen molar-refractivity contribution in [1.82, 2.24) is 5.48 Å². The molecule has 0 atom stereocenters. The Bertz CT molecular complexity index is 735. The van der Waals surface area contributed by atoms with Crippen molar-refractivity contribution in [1.29, 1.82) is 0 Å². The molecule has 24 heavy (non-hydrogen) atoms. The molecule has 9 heteroatoms. The number of benzene rings is 2. The number of aliphatic imine (C=N–C) groups is 1. The van der Waals surface area contributed by atoms with E-state index < -0.39 is 23.5 Å². The molecule has 3 nitrogen and oxygen atoms in total. The quantitative estimate of drug-likeness (QED) is 0.355. The largest absolute Gasteiger partial charge is 0.416 e. The second-order valence-corrected chi connectivity index (χ2v) is 4.70. The summed E-state index contributed by atoms with van der Waals surface area (Å²) in [6, 6.07) is 7.61. The number of hydroxylamine groups is 1. The van der Waals surface area contributed by atoms with Crippen LogP contribution in [0.4, 0.5) is 32.0 Å². The van der Waals surface area contributed by atoms with Crippen molar-refractivity contribution in [3.8, 4) is 0 Å². The van der Waals surface area contributed by atoms with E-state index in [1.807, 2.05) is 0 Å². The molecule has 0 unspecified atom stereocenters. The van der Waals surface area contributed by atoms with E-state index in [0.29, 0.717) is 0 Å². The predicted octanol–water partition coefficient (Wildman–Crippen LogP) is 4.78. The number of hydrogen-bond acceptors (Lipinski definition) is 2. The van der Waals surface area contributed by atoms with Crippen LogP contribution < -0.4 is 5.48 Å². The van der Waals surface area contributed by atoms with E-state index in [9.17, 15) is 26.3 Å². The molecule has 0 amide bonds. The van der Waals surface area contributed by atoms with Crippen LogP contribution in [0.25, 0.3) is 0 Å². The lowest BCUT2D eigenvalue weighted by Gasteiger charge is -2.10. The number of nitrogens with zero attached hydrogens (tertiary/aromatic N) is 1. The molecule has 0 heterocycles. The van der Waals surface area contributed by atoms with Gasteiger partial charge in [0.05, 0.1) is 16.8 Å². The highest BCUT2D eigenvalue weighted by atomic mass is 19.4. The Hall–Kier alpha value is -2.55. The number of nitrogens with one attached hydrogen (secondary N) is 1. The standard InChI is InChI=1S/C15H10F6N2O/c16-14(17,18)10-4-6-12(7-5-10)22-13(23-24)9-2-1-3-11(8-9)15(19,20)21/h1-8,24H,(H,22,23). The summed E-state index contributed by atoms with van der Waals surface area (Å²) in [6.45, 7) is 0. The molecule has 0 bridgehead atoms. The van der Waals surface area contributed by atoms with Crippen molar-refractivity contribution in [3.05, 3.63) is 65.2 Å². The molecule has 0 aliphatic rings. The Morgan fingerprint density at radius 2 is 1.42 bits per heavy atom. The van der Waals surface area contributed by atoms with E-state index in [0.717, 1.165) is 42.5 Å². The number of rotatable bonds is 2. The minimum atomic E-state index is -4.58. The van der Waals surface area contributed by atoms with Gasteiger partial charge in [0.25, 0.3) is 0 Å². The lowest BCUT2D eigenvalue weighted by Crippen LogP contribution is -2.20. The maximum absolute atomic E-state index is 12.7. The molecule has 0 aromatic heterocycles. The third kappa shape index (κ3) is 4.25. The topological polar surface area (TPSA) is 44.6 Å². The molecule has 0 aliphatic heterocycles. The van der Waals surface area contributed by atoms with Gasteiger partial charge in [0.1, 0.15) is 0 Å². The van der Waals surface area contributed by atoms with E-state index in [1.54, 1.807) is 5.48 Å². The van der Waals surface area contributed by atoms with Gasteiger partial charge in [0.2, 0.25) is 0 Å². The summed E-state index contributed by atoms with van der Waals surface area (Å²) in [7, 11) is 0. The SMILES string of the molecule is ONC(=Nc1ccc(C(F)(F)F)cc1)c1cccc(C(F)(F)F)c1. The summed E-state index contributed by atoms with van der Waals surface area (Å²) < 4.78 is 75.5. The first-order valence-electron chi connectivity index (χ1n) is 6.45. The van der Waals surface area contributed by atoms with Gasteiger partial charge < -0.3 is 0 Å². The van der Waals surface area contributed by atoms with Crippen molar-refractivity contribution in [3.63, 3.8) is 0 Å². The zero-order valence-corrected chi connectivity index (χ0v) is 11.8. The molecule has 128 valence electrons. The van der Waals surface area contributed by atoms with Gasteiger partial charge in [-0.05, 0) is 36.4 Å². The van der Waals surface area contributed by atoms with E-state index in [1.165, 1.54) is 6.07 Å². The van der Waals surface area contributed by atoms with Crippen LogP contribution in [-0.4, -0.2) is 11.0 Å². The summed E-state index contributed by atoms with van der Waals surface area (Å²) in [6.07, 6.45) is -9.09. The molecule has 0 fully saturated rings. The molecule has 0 radical (unpaired) electrons. The molecule has 0 saturated heterocycles. The van der Waals surface area contributed by atoms with Crippen LogP contribution in [0.1, 0.15) is 16.7 Å². The molecule has 2 aromatic carbocycles. The van der Waals surface area contributed by atoms with Crippen molar-refractivity contribution in [2.24, 2.45) is 4.99 Å². The van der Waals surface area contributed by atoms with Gasteiger partial charge in [0.15, 0.2) is 5.84 Å². The lowest BCUT2D eigenvalue weighted by atomic mass is 10.1. The van der Waals surface area contributed by atoms with Crippen LogP contribution in [0.15, 0.2) is 53.5 Å². The van der Waals surface area contributed by atoms with Crippen LogP contribution >= 0.6 is 0 Å². The number of amidine groups is 1. The fourth-order valence-corrected chi connectivity index (χ4v) is 1.85. The third-order valence-electron chi connectivity index (χ3n) is 3.00. The van der Waals surface area contributed by atoms with E-state index in [4.69, 9.17) is 5.21 Å². The normalized spacial score (nSPS) is 13.0. The van der Waals surface area contributed by atoms with Gasteiger partial charge >= 0.3 is 12.4 Å². The Balaban J connectivity index is 2.36. The third-order valence-corrected chi connectivity index (χ3v) is 3.00. The zero-order valence-electron chi connectivity index (χ0n) is 11.8. The fourth-order valence-electron chi connectivity index (χ4n) is 1.85. The van der Waals surface area contributed by atoms with Crippen molar-refractivity contribution >= 4 is 11.5 Å². The molecular formula is C15H10F6N2O. The Labute approximate surface area is 132 Å². The van der Waals surface area contributed by atoms with Crippen molar-refractivity contribution < 1.29 is 31.5 Å². The average Bonchev–Trinajstić information content (AvgIpc) is 2.51. The molecule has 0 spiro atoms. The molecule has 0 saturated carbocycles. The van der Waals surface area contributed by atoms with Gasteiger partial charge in [0, 0.05) is 5.56 Å². The molecule has 2 aromatic rings. The lowest BCUT2D eigenvalue weighted by molar-refractivity contribution is -0.138. The van der Waals surface area contributed by atoms with Crippen LogP contribution in [0, 0.1) is 0 Å². The maximum atomic E-state index is 12.7. The molecule has 2 N–H and O–H groups in total. The maximum Gasteiger partial charge on any atom is 0.416 e. The first kappa shape index (κ1) is 17.8. The van der Waals surface area contributed by atoms with Gasteiger partial charge in [-0.3, -0.25) is 10.7 Å². The van der Waals surface area contributed by atoms with Gasteiger partial charge in [-0.1, -0.05) is 12.1 Å². The molecule has 0 aliphatic carbocycles. The minimum absolute atomic E-state index is 0.0250. The molecule has 2 rings (SSSR count). The zero-order chi connectivity index (χ0) is 18.0. The van der Waals surface area contributed by atoms with E-state index in [-0.39, 0.29) is 17.1 Å². The Kier molecular flexibility index (Phi) is 4.83. The summed E-state index contributed by atoms with van der Waals surface area (Å²) in [5.74, 6) is -0.333.